The van der Waals surface area contributed by atoms with Crippen LogP contribution in [0.15, 0.2) is 42.6 Å². The summed E-state index contributed by atoms with van der Waals surface area (Å²) in [7, 11) is 3.07. The summed E-state index contributed by atoms with van der Waals surface area (Å²) in [4.78, 5) is 4.15. The second-order valence-corrected chi connectivity index (χ2v) is 5.08. The van der Waals surface area contributed by atoms with Crippen LogP contribution in [-0.4, -0.2) is 29.4 Å². The van der Waals surface area contributed by atoms with Crippen molar-refractivity contribution in [1.29, 1.82) is 0 Å². The first-order valence-electron chi connectivity index (χ1n) is 7.50. The van der Waals surface area contributed by atoms with Gasteiger partial charge in [0.05, 0.1) is 26.1 Å². The SMILES string of the molecule is COc1ccc(Nc2cnnc(Nc3c(F)cccc3F)n2)c(OC)c1. The van der Waals surface area contributed by atoms with Crippen LogP contribution >= 0.6 is 0 Å². The molecule has 0 aliphatic carbocycles. The number of benzene rings is 2. The van der Waals surface area contributed by atoms with Crippen LogP contribution in [0.2, 0.25) is 0 Å². The van der Waals surface area contributed by atoms with Crippen LogP contribution in [0.1, 0.15) is 0 Å². The molecule has 2 aromatic carbocycles. The molecule has 2 N–H and O–H groups in total. The Balaban J connectivity index is 1.84. The molecule has 134 valence electrons. The number of para-hydroxylation sites is 1. The predicted octanol–water partition coefficient (Wildman–Crippen LogP) is 3.65. The molecule has 0 fully saturated rings. The third kappa shape index (κ3) is 3.77. The van der Waals surface area contributed by atoms with E-state index in [2.05, 4.69) is 25.8 Å². The summed E-state index contributed by atoms with van der Waals surface area (Å²) in [6, 6.07) is 8.71. The molecule has 0 radical (unpaired) electrons. The largest absolute Gasteiger partial charge is 0.497 e. The zero-order chi connectivity index (χ0) is 18.5. The molecular formula is C17H15F2N5O2. The average molecular weight is 359 g/mol. The van der Waals surface area contributed by atoms with Crippen molar-refractivity contribution in [3.05, 3.63) is 54.2 Å². The van der Waals surface area contributed by atoms with E-state index >= 15 is 0 Å². The van der Waals surface area contributed by atoms with Gasteiger partial charge in [-0.2, -0.15) is 10.1 Å². The van der Waals surface area contributed by atoms with Gasteiger partial charge in [-0.1, -0.05) is 6.07 Å². The van der Waals surface area contributed by atoms with Crippen molar-refractivity contribution >= 4 is 23.1 Å². The minimum atomic E-state index is -0.760. The number of rotatable bonds is 6. The monoisotopic (exact) mass is 359 g/mol. The molecule has 0 saturated heterocycles. The predicted molar refractivity (Wildman–Crippen MR) is 92.3 cm³/mol. The van der Waals surface area contributed by atoms with Crippen molar-refractivity contribution in [2.24, 2.45) is 0 Å². The van der Waals surface area contributed by atoms with E-state index in [1.807, 2.05) is 0 Å². The summed E-state index contributed by atoms with van der Waals surface area (Å²) in [5, 5.41) is 13.0. The number of nitrogens with zero attached hydrogens (tertiary/aromatic N) is 3. The fraction of sp³-hybridized carbons (Fsp3) is 0.118. The lowest BCUT2D eigenvalue weighted by molar-refractivity contribution is 0.395. The molecule has 0 aliphatic heterocycles. The van der Waals surface area contributed by atoms with E-state index in [1.54, 1.807) is 25.3 Å². The van der Waals surface area contributed by atoms with Crippen molar-refractivity contribution in [2.75, 3.05) is 24.9 Å². The van der Waals surface area contributed by atoms with E-state index in [4.69, 9.17) is 9.47 Å². The maximum atomic E-state index is 13.7. The molecule has 9 heteroatoms. The Bertz CT molecular complexity index is 903. The van der Waals surface area contributed by atoms with Crippen LogP contribution in [-0.2, 0) is 0 Å². The van der Waals surface area contributed by atoms with Crippen LogP contribution < -0.4 is 20.1 Å². The number of methoxy groups -OCH3 is 2. The van der Waals surface area contributed by atoms with Gasteiger partial charge < -0.3 is 20.1 Å². The Morgan fingerprint density at radius 3 is 2.42 bits per heavy atom. The maximum absolute atomic E-state index is 13.7. The van der Waals surface area contributed by atoms with Gasteiger partial charge in [-0.25, -0.2) is 8.78 Å². The smallest absolute Gasteiger partial charge is 0.249 e. The topological polar surface area (TPSA) is 81.2 Å². The highest BCUT2D eigenvalue weighted by atomic mass is 19.1. The first kappa shape index (κ1) is 17.3. The second-order valence-electron chi connectivity index (χ2n) is 5.08. The van der Waals surface area contributed by atoms with Gasteiger partial charge in [-0.15, -0.1) is 5.10 Å². The number of anilines is 4. The molecule has 3 rings (SSSR count). The third-order valence-electron chi connectivity index (χ3n) is 3.43. The van der Waals surface area contributed by atoms with Crippen LogP contribution in [0.5, 0.6) is 11.5 Å². The number of hydrogen-bond acceptors (Lipinski definition) is 7. The molecule has 0 saturated carbocycles. The number of ether oxygens (including phenoxy) is 2. The molecule has 1 heterocycles. The second kappa shape index (κ2) is 7.60. The van der Waals surface area contributed by atoms with Crippen LogP contribution in [0.4, 0.5) is 31.9 Å². The Morgan fingerprint density at radius 2 is 1.73 bits per heavy atom. The molecule has 0 atom stereocenters. The van der Waals surface area contributed by atoms with E-state index in [0.717, 1.165) is 12.1 Å². The van der Waals surface area contributed by atoms with Crippen LogP contribution in [0, 0.1) is 11.6 Å². The van der Waals surface area contributed by atoms with Crippen molar-refractivity contribution in [3.8, 4) is 11.5 Å². The van der Waals surface area contributed by atoms with Crippen molar-refractivity contribution in [3.63, 3.8) is 0 Å². The lowest BCUT2D eigenvalue weighted by atomic mass is 10.2. The molecule has 0 bridgehead atoms. The van der Waals surface area contributed by atoms with Crippen molar-refractivity contribution in [1.82, 2.24) is 15.2 Å². The van der Waals surface area contributed by atoms with Gasteiger partial charge in [0, 0.05) is 6.07 Å². The van der Waals surface area contributed by atoms with Crippen molar-refractivity contribution < 1.29 is 18.3 Å². The number of aromatic nitrogens is 3. The minimum Gasteiger partial charge on any atom is -0.497 e. The van der Waals surface area contributed by atoms with E-state index in [9.17, 15) is 8.78 Å². The first-order valence-corrected chi connectivity index (χ1v) is 7.50. The molecule has 1 aromatic heterocycles. The van der Waals surface area contributed by atoms with Gasteiger partial charge >= 0.3 is 0 Å². The van der Waals surface area contributed by atoms with Crippen molar-refractivity contribution in [2.45, 2.75) is 0 Å². The molecule has 0 amide bonds. The summed E-state index contributed by atoms with van der Waals surface area (Å²) < 4.78 is 37.9. The summed E-state index contributed by atoms with van der Waals surface area (Å²) in [5.74, 6) is -0.120. The van der Waals surface area contributed by atoms with E-state index in [1.165, 1.54) is 19.4 Å². The van der Waals surface area contributed by atoms with Gasteiger partial charge in [0.2, 0.25) is 5.95 Å². The number of halogens is 2. The first-order chi connectivity index (χ1) is 12.6. The van der Waals surface area contributed by atoms with E-state index in [0.29, 0.717) is 23.0 Å². The average Bonchev–Trinajstić information content (AvgIpc) is 2.65. The van der Waals surface area contributed by atoms with Gasteiger partial charge in [-0.05, 0) is 24.3 Å². The molecule has 7 nitrogen and oxygen atoms in total. The normalized spacial score (nSPS) is 10.3. The lowest BCUT2D eigenvalue weighted by Gasteiger charge is -2.12. The summed E-state index contributed by atoms with van der Waals surface area (Å²) >= 11 is 0. The van der Waals surface area contributed by atoms with Gasteiger partial charge in [0.1, 0.15) is 28.8 Å². The fourth-order valence-corrected chi connectivity index (χ4v) is 2.19. The Hall–Kier alpha value is -3.49. The Labute approximate surface area is 148 Å². The molecule has 3 aromatic rings. The Morgan fingerprint density at radius 1 is 0.962 bits per heavy atom. The van der Waals surface area contributed by atoms with Crippen LogP contribution in [0.25, 0.3) is 0 Å². The summed E-state index contributed by atoms with van der Waals surface area (Å²) in [6.07, 6.45) is 1.37. The highest BCUT2D eigenvalue weighted by Gasteiger charge is 2.11. The zero-order valence-corrected chi connectivity index (χ0v) is 14.0. The van der Waals surface area contributed by atoms with Gasteiger partial charge in [0.25, 0.3) is 0 Å². The third-order valence-corrected chi connectivity index (χ3v) is 3.43. The van der Waals surface area contributed by atoms with E-state index < -0.39 is 11.6 Å². The molecule has 0 spiro atoms. The van der Waals surface area contributed by atoms with Gasteiger partial charge in [0.15, 0.2) is 5.82 Å². The lowest BCUT2D eigenvalue weighted by Crippen LogP contribution is -2.05. The molecule has 0 aliphatic rings. The van der Waals surface area contributed by atoms with Gasteiger partial charge in [-0.3, -0.25) is 0 Å². The molecular weight excluding hydrogens is 344 g/mol. The minimum absolute atomic E-state index is 0.0634. The standard InChI is InChI=1S/C17H15F2N5O2/c1-25-10-6-7-13(14(8-10)26-2)21-15-9-20-24-17(22-15)23-16-11(18)4-3-5-12(16)19/h3-9H,1-2H3,(H2,21,22,23,24). The molecule has 0 unspecified atom stereocenters. The maximum Gasteiger partial charge on any atom is 0.249 e. The number of hydrogen-bond donors (Lipinski definition) is 2. The summed E-state index contributed by atoms with van der Waals surface area (Å²) in [6.45, 7) is 0. The highest BCUT2D eigenvalue weighted by Crippen LogP contribution is 2.31. The molecule has 26 heavy (non-hydrogen) atoms. The summed E-state index contributed by atoms with van der Waals surface area (Å²) in [5.41, 5.74) is 0.255. The van der Waals surface area contributed by atoms with Crippen LogP contribution in [0.3, 0.4) is 0 Å². The number of nitrogens with one attached hydrogen (secondary N) is 2. The highest BCUT2D eigenvalue weighted by molar-refractivity contribution is 5.66. The fourth-order valence-electron chi connectivity index (χ4n) is 2.19. The zero-order valence-electron chi connectivity index (χ0n) is 14.0. The Kier molecular flexibility index (Phi) is 5.07. The quantitative estimate of drug-likeness (QED) is 0.695. The van der Waals surface area contributed by atoms with E-state index in [-0.39, 0.29) is 11.6 Å².